The van der Waals surface area contributed by atoms with Crippen LogP contribution < -0.4 is 0 Å². The van der Waals surface area contributed by atoms with Gasteiger partial charge in [-0.15, -0.1) is 0 Å². The summed E-state index contributed by atoms with van der Waals surface area (Å²) in [4.78, 5) is 0. The Balaban J connectivity index is 2.05. The van der Waals surface area contributed by atoms with Gasteiger partial charge in [-0.3, -0.25) is 0 Å². The van der Waals surface area contributed by atoms with Gasteiger partial charge in [-0.25, -0.2) is 0 Å². The first-order valence-electron chi connectivity index (χ1n) is 5.55. The van der Waals surface area contributed by atoms with Crippen LogP contribution in [-0.2, 0) is 19.7 Å². The number of nitrogens with zero attached hydrogens (tertiary/aromatic N) is 2. The summed E-state index contributed by atoms with van der Waals surface area (Å²) in [5, 5.41) is 0. The van der Waals surface area contributed by atoms with Gasteiger partial charge in [0.15, 0.2) is 0 Å². The third-order valence-electron chi connectivity index (χ3n) is 2.83. The second-order valence-electron chi connectivity index (χ2n) is 4.06. The zero-order valence-electron chi connectivity index (χ0n) is 9.46. The molecule has 2 rings (SSSR count). The van der Waals surface area contributed by atoms with E-state index in [9.17, 15) is 8.42 Å². The molecule has 2 aliphatic heterocycles. The van der Waals surface area contributed by atoms with Crippen molar-refractivity contribution in [3.8, 4) is 0 Å². The summed E-state index contributed by atoms with van der Waals surface area (Å²) >= 11 is 0. The van der Waals surface area contributed by atoms with Crippen LogP contribution in [0.2, 0.25) is 0 Å². The van der Waals surface area contributed by atoms with Crippen LogP contribution in [0.25, 0.3) is 0 Å². The van der Waals surface area contributed by atoms with Crippen molar-refractivity contribution in [3.63, 3.8) is 0 Å². The maximum Gasteiger partial charge on any atom is 0.282 e. The summed E-state index contributed by atoms with van der Waals surface area (Å²) in [6.07, 6.45) is -0.0236. The van der Waals surface area contributed by atoms with E-state index < -0.39 is 10.2 Å². The Morgan fingerprint density at radius 1 is 1.06 bits per heavy atom. The van der Waals surface area contributed by atoms with Crippen LogP contribution in [-0.4, -0.2) is 69.1 Å². The fraction of sp³-hybridized carbons (Fsp3) is 1.00. The fourth-order valence-electron chi connectivity index (χ4n) is 1.94. The molecule has 0 aromatic carbocycles. The van der Waals surface area contributed by atoms with Crippen molar-refractivity contribution in [2.24, 2.45) is 0 Å². The lowest BCUT2D eigenvalue weighted by Gasteiger charge is -2.35. The van der Waals surface area contributed by atoms with E-state index in [0.29, 0.717) is 46.0 Å². The molecule has 2 heterocycles. The van der Waals surface area contributed by atoms with E-state index in [1.54, 1.807) is 0 Å². The molecule has 0 aromatic heterocycles. The molecular formula is C9H18N2O4S. The van der Waals surface area contributed by atoms with Crippen molar-refractivity contribution < 1.29 is 17.9 Å². The molecule has 0 bridgehead atoms. The van der Waals surface area contributed by atoms with Gasteiger partial charge in [-0.2, -0.15) is 17.0 Å². The molecule has 0 amide bonds. The lowest BCUT2D eigenvalue weighted by atomic mass is 10.3. The Kier molecular flexibility index (Phi) is 3.81. The SMILES string of the molecule is C[C@@H]1CN(S(=O)(=O)N2CCOCC2)CCO1. The van der Waals surface area contributed by atoms with Gasteiger partial charge in [-0.05, 0) is 6.92 Å². The predicted octanol–water partition coefficient (Wildman–Crippen LogP) is -0.716. The van der Waals surface area contributed by atoms with Crippen molar-refractivity contribution in [2.75, 3.05) is 46.0 Å². The summed E-state index contributed by atoms with van der Waals surface area (Å²) in [6.45, 7) is 5.13. The fourth-order valence-corrected chi connectivity index (χ4v) is 3.58. The van der Waals surface area contributed by atoms with Crippen molar-refractivity contribution in [2.45, 2.75) is 13.0 Å². The third kappa shape index (κ3) is 2.54. The Bertz CT molecular complexity index is 326. The maximum atomic E-state index is 12.2. The molecule has 0 N–H and O–H groups in total. The summed E-state index contributed by atoms with van der Waals surface area (Å²) in [5.74, 6) is 0. The number of hydrogen-bond donors (Lipinski definition) is 0. The Morgan fingerprint density at radius 2 is 1.69 bits per heavy atom. The topological polar surface area (TPSA) is 59.1 Å². The monoisotopic (exact) mass is 250 g/mol. The summed E-state index contributed by atoms with van der Waals surface area (Å²) < 4.78 is 38.0. The molecule has 2 saturated heterocycles. The largest absolute Gasteiger partial charge is 0.379 e. The first-order chi connectivity index (χ1) is 7.60. The quantitative estimate of drug-likeness (QED) is 0.649. The summed E-state index contributed by atoms with van der Waals surface area (Å²) in [5.41, 5.74) is 0. The first-order valence-corrected chi connectivity index (χ1v) is 6.95. The molecule has 0 saturated carbocycles. The lowest BCUT2D eigenvalue weighted by molar-refractivity contribution is 0.00584. The zero-order chi connectivity index (χ0) is 11.6. The highest BCUT2D eigenvalue weighted by Crippen LogP contribution is 2.14. The second kappa shape index (κ2) is 4.97. The standard InChI is InChI=1S/C9H18N2O4S/c1-9-8-11(4-7-15-9)16(12,13)10-2-5-14-6-3-10/h9H,2-8H2,1H3/t9-/m1/s1. The molecular weight excluding hydrogens is 232 g/mol. The Labute approximate surface area is 96.3 Å². The van der Waals surface area contributed by atoms with Gasteiger partial charge in [0.05, 0.1) is 25.9 Å². The van der Waals surface area contributed by atoms with E-state index in [2.05, 4.69) is 0 Å². The lowest BCUT2D eigenvalue weighted by Crippen LogP contribution is -2.53. The van der Waals surface area contributed by atoms with Crippen LogP contribution >= 0.6 is 0 Å². The van der Waals surface area contributed by atoms with E-state index in [4.69, 9.17) is 9.47 Å². The van der Waals surface area contributed by atoms with Gasteiger partial charge in [0.2, 0.25) is 0 Å². The molecule has 0 spiro atoms. The van der Waals surface area contributed by atoms with E-state index in [1.807, 2.05) is 6.92 Å². The molecule has 16 heavy (non-hydrogen) atoms. The van der Waals surface area contributed by atoms with Crippen molar-refractivity contribution in [1.29, 1.82) is 0 Å². The molecule has 0 aromatic rings. The summed E-state index contributed by atoms with van der Waals surface area (Å²) in [7, 11) is -3.31. The van der Waals surface area contributed by atoms with E-state index in [0.717, 1.165) is 0 Å². The maximum absolute atomic E-state index is 12.2. The first kappa shape index (κ1) is 12.3. The molecule has 0 unspecified atom stereocenters. The average molecular weight is 250 g/mol. The number of hydrogen-bond acceptors (Lipinski definition) is 4. The Morgan fingerprint density at radius 3 is 2.31 bits per heavy atom. The highest BCUT2D eigenvalue weighted by molar-refractivity contribution is 7.86. The van der Waals surface area contributed by atoms with Gasteiger partial charge in [0, 0.05) is 26.2 Å². The minimum atomic E-state index is -3.31. The van der Waals surface area contributed by atoms with Crippen LogP contribution in [0.4, 0.5) is 0 Å². The molecule has 94 valence electrons. The molecule has 2 fully saturated rings. The minimum Gasteiger partial charge on any atom is -0.379 e. The van der Waals surface area contributed by atoms with E-state index in [-0.39, 0.29) is 6.10 Å². The van der Waals surface area contributed by atoms with Gasteiger partial charge < -0.3 is 9.47 Å². The van der Waals surface area contributed by atoms with Crippen LogP contribution in [0.3, 0.4) is 0 Å². The normalized spacial score (nSPS) is 30.4. The predicted molar refractivity (Wildman–Crippen MR) is 58.3 cm³/mol. The van der Waals surface area contributed by atoms with Gasteiger partial charge in [0.1, 0.15) is 0 Å². The highest BCUT2D eigenvalue weighted by Gasteiger charge is 2.33. The smallest absolute Gasteiger partial charge is 0.282 e. The van der Waals surface area contributed by atoms with Crippen LogP contribution in [0.1, 0.15) is 6.92 Å². The molecule has 6 nitrogen and oxygen atoms in total. The number of rotatable bonds is 2. The summed E-state index contributed by atoms with van der Waals surface area (Å²) in [6, 6.07) is 0. The van der Waals surface area contributed by atoms with Gasteiger partial charge in [0.25, 0.3) is 10.2 Å². The van der Waals surface area contributed by atoms with Crippen LogP contribution in [0.15, 0.2) is 0 Å². The molecule has 1 atom stereocenters. The van der Waals surface area contributed by atoms with Gasteiger partial charge >= 0.3 is 0 Å². The molecule has 2 aliphatic rings. The van der Waals surface area contributed by atoms with E-state index in [1.165, 1.54) is 8.61 Å². The highest BCUT2D eigenvalue weighted by atomic mass is 32.2. The van der Waals surface area contributed by atoms with E-state index >= 15 is 0 Å². The van der Waals surface area contributed by atoms with Crippen molar-refractivity contribution in [3.05, 3.63) is 0 Å². The van der Waals surface area contributed by atoms with Gasteiger partial charge in [-0.1, -0.05) is 0 Å². The van der Waals surface area contributed by atoms with Crippen molar-refractivity contribution in [1.82, 2.24) is 8.61 Å². The Hall–Kier alpha value is -0.210. The average Bonchev–Trinajstić information content (AvgIpc) is 2.30. The second-order valence-corrected chi connectivity index (χ2v) is 5.99. The van der Waals surface area contributed by atoms with Crippen LogP contribution in [0, 0.1) is 0 Å². The minimum absolute atomic E-state index is 0.0236. The molecule has 0 radical (unpaired) electrons. The van der Waals surface area contributed by atoms with Crippen LogP contribution in [0.5, 0.6) is 0 Å². The molecule has 0 aliphatic carbocycles. The third-order valence-corrected chi connectivity index (χ3v) is 4.83. The van der Waals surface area contributed by atoms with Crippen molar-refractivity contribution >= 4 is 10.2 Å². The zero-order valence-corrected chi connectivity index (χ0v) is 10.3. The molecule has 7 heteroatoms. The number of ether oxygens (including phenoxy) is 2. The number of morpholine rings is 2.